The normalized spacial score (nSPS) is 15.0. The highest BCUT2D eigenvalue weighted by molar-refractivity contribution is 6.88. The van der Waals surface area contributed by atoms with Crippen LogP contribution in [-0.2, 0) is 28.4 Å². The summed E-state index contributed by atoms with van der Waals surface area (Å²) in [6.45, 7) is 7.02. The average molecular weight is 745 g/mol. The number of hydrogen-bond donors (Lipinski definition) is 1. The predicted octanol–water partition coefficient (Wildman–Crippen LogP) is 7.54. The van der Waals surface area contributed by atoms with Crippen molar-refractivity contribution in [3.63, 3.8) is 0 Å². The summed E-state index contributed by atoms with van der Waals surface area (Å²) in [5.74, 6) is -4.93. The summed E-state index contributed by atoms with van der Waals surface area (Å²) < 4.78 is 114. The highest BCUT2D eigenvalue weighted by Crippen LogP contribution is 2.41. The van der Waals surface area contributed by atoms with Gasteiger partial charge in [-0.25, -0.2) is 8.78 Å². The van der Waals surface area contributed by atoms with Crippen molar-refractivity contribution in [1.29, 1.82) is 0 Å². The number of carbonyl (C=O) groups is 2. The van der Waals surface area contributed by atoms with Gasteiger partial charge >= 0.3 is 18.3 Å². The molecule has 2 aromatic carbocycles. The number of carboxylic acids is 1. The Kier molecular flexibility index (Phi) is 12.3. The van der Waals surface area contributed by atoms with E-state index in [9.17, 15) is 50.2 Å². The van der Waals surface area contributed by atoms with Crippen molar-refractivity contribution in [3.8, 4) is 11.1 Å². The molecule has 1 aliphatic heterocycles. The van der Waals surface area contributed by atoms with Crippen LogP contribution in [0.15, 0.2) is 41.2 Å². The van der Waals surface area contributed by atoms with Gasteiger partial charge in [-0.2, -0.15) is 31.4 Å². The Morgan fingerprint density at radius 2 is 1.61 bits per heavy atom. The number of rotatable bonds is 14. The molecule has 3 aromatic rings. The molecule has 51 heavy (non-hydrogen) atoms. The smallest absolute Gasteiger partial charge is 0.421 e. The Labute approximate surface area is 291 Å². The number of aryl methyl sites for hydroxylation is 2. The second-order valence-corrected chi connectivity index (χ2v) is 15.6. The minimum Gasteiger partial charge on any atom is -0.481 e. The van der Waals surface area contributed by atoms with Crippen LogP contribution in [0, 0.1) is 25.6 Å². The maximum Gasteiger partial charge on any atom is 0.421 e. The van der Waals surface area contributed by atoms with Crippen LogP contribution in [0.2, 0.25) is 6.04 Å². The van der Waals surface area contributed by atoms with Crippen molar-refractivity contribution in [2.24, 2.45) is 5.92 Å². The van der Waals surface area contributed by atoms with Crippen molar-refractivity contribution in [1.82, 2.24) is 14.3 Å². The first-order valence-corrected chi connectivity index (χ1v) is 18.0. The monoisotopic (exact) mass is 744 g/mol. The lowest BCUT2D eigenvalue weighted by molar-refractivity contribution is -0.140. The second kappa shape index (κ2) is 15.8. The van der Waals surface area contributed by atoms with Crippen LogP contribution in [0.1, 0.15) is 72.5 Å². The van der Waals surface area contributed by atoms with E-state index >= 15 is 4.39 Å². The fourth-order valence-electron chi connectivity index (χ4n) is 6.31. The molecule has 1 aliphatic rings. The van der Waals surface area contributed by atoms with Crippen LogP contribution < -0.4 is 5.56 Å². The molecule has 1 N–H and O–H groups in total. The third-order valence-electron chi connectivity index (χ3n) is 8.80. The molecular formula is C35H38F8N3O4Si. The number of likely N-dealkylation sites (tertiary alicyclic amines) is 1. The van der Waals surface area contributed by atoms with Crippen molar-refractivity contribution < 1.29 is 49.8 Å². The van der Waals surface area contributed by atoms with E-state index in [0.717, 1.165) is 6.07 Å². The van der Waals surface area contributed by atoms with Crippen LogP contribution in [0.25, 0.3) is 11.1 Å². The summed E-state index contributed by atoms with van der Waals surface area (Å²) >= 11 is 0. The molecule has 4 rings (SSSR count). The largest absolute Gasteiger partial charge is 0.481 e. The van der Waals surface area contributed by atoms with Crippen molar-refractivity contribution in [2.45, 2.75) is 83.9 Å². The molecule has 277 valence electrons. The fourth-order valence-corrected chi connectivity index (χ4v) is 8.77. The highest BCUT2D eigenvalue weighted by atomic mass is 28.3. The van der Waals surface area contributed by atoms with Gasteiger partial charge in [0.05, 0.1) is 17.7 Å². The van der Waals surface area contributed by atoms with Gasteiger partial charge in [0.15, 0.2) is 0 Å². The lowest BCUT2D eigenvalue weighted by atomic mass is 9.85. The SMILES string of the molecule is Cc1cccc(C)c1-c1cc([C@@H](CCC(=O)[Si](CC(C)C)n2nc(CCN3CC(F)C3)cc(C(F)(F)F)c2=O)CC(=O)O)c(F)c(C(F)(F)F)c1. The number of benzene rings is 2. The number of nitrogens with zero attached hydrogens (tertiary/aromatic N) is 3. The molecule has 0 saturated carbocycles. The first-order chi connectivity index (χ1) is 23.7. The van der Waals surface area contributed by atoms with Gasteiger partial charge in [0.2, 0.25) is 0 Å². The highest BCUT2D eigenvalue weighted by Gasteiger charge is 2.40. The van der Waals surface area contributed by atoms with E-state index in [1.165, 1.54) is 0 Å². The molecule has 0 unspecified atom stereocenters. The summed E-state index contributed by atoms with van der Waals surface area (Å²) in [6, 6.07) is 7.37. The van der Waals surface area contributed by atoms with Gasteiger partial charge in [0, 0.05) is 32.5 Å². The first kappa shape index (κ1) is 39.9. The van der Waals surface area contributed by atoms with Gasteiger partial charge in [-0.15, -0.1) is 0 Å². The third-order valence-corrected chi connectivity index (χ3v) is 11.7. The number of hydrogen-bond acceptors (Lipinski definition) is 5. The first-order valence-electron chi connectivity index (χ1n) is 16.3. The van der Waals surface area contributed by atoms with Gasteiger partial charge < -0.3 is 9.90 Å². The molecule has 2 heterocycles. The molecule has 0 amide bonds. The van der Waals surface area contributed by atoms with Crippen molar-refractivity contribution in [2.75, 3.05) is 19.6 Å². The minimum atomic E-state index is -5.15. The Bertz CT molecular complexity index is 1800. The van der Waals surface area contributed by atoms with E-state index in [1.807, 2.05) is 0 Å². The summed E-state index contributed by atoms with van der Waals surface area (Å²) in [5, 5.41) is 13.1. The van der Waals surface area contributed by atoms with E-state index in [2.05, 4.69) is 5.10 Å². The van der Waals surface area contributed by atoms with E-state index in [1.54, 1.807) is 50.8 Å². The lowest BCUT2D eigenvalue weighted by Crippen LogP contribution is -2.49. The molecule has 7 nitrogen and oxygen atoms in total. The maximum atomic E-state index is 15.7. The zero-order valence-electron chi connectivity index (χ0n) is 28.4. The molecule has 1 saturated heterocycles. The maximum absolute atomic E-state index is 15.7. The molecule has 1 atom stereocenters. The van der Waals surface area contributed by atoms with E-state index in [-0.39, 0.29) is 49.3 Å². The summed E-state index contributed by atoms with van der Waals surface area (Å²) in [4.78, 5) is 40.7. The number of alkyl halides is 7. The summed E-state index contributed by atoms with van der Waals surface area (Å²) in [5.41, 5.74) is -3.85. The van der Waals surface area contributed by atoms with Gasteiger partial charge in [0.1, 0.15) is 23.0 Å². The predicted molar refractivity (Wildman–Crippen MR) is 175 cm³/mol. The third kappa shape index (κ3) is 9.70. The van der Waals surface area contributed by atoms with Crippen LogP contribution in [0.5, 0.6) is 0 Å². The Morgan fingerprint density at radius 3 is 2.14 bits per heavy atom. The number of carbonyl (C=O) groups excluding carboxylic acids is 1. The zero-order chi connectivity index (χ0) is 38.0. The Balaban J connectivity index is 1.75. The molecule has 0 bridgehead atoms. The molecule has 16 heteroatoms. The molecule has 1 radical (unpaired) electrons. The van der Waals surface area contributed by atoms with Gasteiger partial charge in [0.25, 0.3) is 14.5 Å². The molecule has 1 fully saturated rings. The number of aromatic nitrogens is 2. The number of halogens is 8. The van der Waals surface area contributed by atoms with E-state index < -0.39 is 92.1 Å². The molecule has 1 aromatic heterocycles. The topological polar surface area (TPSA) is 92.5 Å². The van der Waals surface area contributed by atoms with Crippen LogP contribution in [-0.4, -0.2) is 65.6 Å². The number of carboxylic acid groups (broad SMARTS) is 1. The standard InChI is InChI=1S/C35H38F8N3O4Si/c1-19(2)18-51(46-33(50)28(35(41,42)43)15-25(44-46)10-11-45-16-24(36)17-45)30(49)9-8-22(14-29(47)48)26-12-23(13-27(32(26)37)34(38,39)40)31-20(3)6-5-7-21(31)4/h5-7,12-13,15,19,22,24H,8-11,14,16-18H2,1-4H3,(H,47,48)/t22-/m0/s1. The zero-order valence-corrected chi connectivity index (χ0v) is 29.4. The fraction of sp³-hybridized carbons (Fsp3) is 0.486. The minimum absolute atomic E-state index is 0.00638. The molecule has 0 aliphatic carbocycles. The molecular weight excluding hydrogens is 706 g/mol. The van der Waals surface area contributed by atoms with Crippen molar-refractivity contribution >= 4 is 20.3 Å². The van der Waals surface area contributed by atoms with Gasteiger partial charge in [-0.3, -0.25) is 18.8 Å². The number of aliphatic carboxylic acids is 1. The summed E-state index contributed by atoms with van der Waals surface area (Å²) in [6.07, 6.45) is -13.3. The Morgan fingerprint density at radius 1 is 1.00 bits per heavy atom. The van der Waals surface area contributed by atoms with Crippen molar-refractivity contribution in [3.05, 3.63) is 86.1 Å². The van der Waals surface area contributed by atoms with Crippen LogP contribution in [0.3, 0.4) is 0 Å². The van der Waals surface area contributed by atoms with Crippen LogP contribution >= 0.6 is 0 Å². The van der Waals surface area contributed by atoms with Gasteiger partial charge in [-0.05, 0) is 84.2 Å². The quantitative estimate of drug-likeness (QED) is 0.136. The average Bonchev–Trinajstić information content (AvgIpc) is 2.99. The van der Waals surface area contributed by atoms with E-state index in [4.69, 9.17) is 0 Å². The van der Waals surface area contributed by atoms with E-state index in [0.29, 0.717) is 33.2 Å². The molecule has 0 spiro atoms. The van der Waals surface area contributed by atoms with Crippen LogP contribution in [0.4, 0.5) is 35.1 Å². The van der Waals surface area contributed by atoms with Gasteiger partial charge in [-0.1, -0.05) is 32.0 Å². The lowest BCUT2D eigenvalue weighted by Gasteiger charge is -2.34. The Hall–Kier alpha value is -3.92. The second-order valence-electron chi connectivity index (χ2n) is 13.4. The summed E-state index contributed by atoms with van der Waals surface area (Å²) in [7, 11) is -2.92.